The molecule has 0 spiro atoms. The van der Waals surface area contributed by atoms with Crippen molar-refractivity contribution in [3.8, 4) is 67.8 Å². The van der Waals surface area contributed by atoms with E-state index >= 15 is 0 Å². The van der Waals surface area contributed by atoms with Gasteiger partial charge in [-0.15, -0.1) is 20.5 Å². The predicted molar refractivity (Wildman–Crippen MR) is 192 cm³/mol. The number of halogens is 2. The molecule has 0 atom stereocenters. The molecule has 292 valence electrons. The number of benzene rings is 2. The van der Waals surface area contributed by atoms with Crippen molar-refractivity contribution in [2.75, 3.05) is 0 Å². The van der Waals surface area contributed by atoms with Gasteiger partial charge in [-0.25, -0.2) is 47.2 Å². The normalized spacial score (nSPS) is 10.6. The van der Waals surface area contributed by atoms with E-state index in [-0.39, 0.29) is 19.5 Å². The number of nitrogens with zero attached hydrogens (tertiary/aromatic N) is 6. The molecule has 8 rings (SSSR count). The minimum Gasteiger partial charge on any atom is -0.255 e. The summed E-state index contributed by atoms with van der Waals surface area (Å²) in [6, 6.07) is 52.3. The van der Waals surface area contributed by atoms with Gasteiger partial charge in [-0.2, -0.15) is 0 Å². The van der Waals surface area contributed by atoms with Gasteiger partial charge >= 0.3 is 19.5 Å². The molecule has 0 saturated heterocycles. The van der Waals surface area contributed by atoms with Crippen LogP contribution >= 0.6 is 0 Å². The van der Waals surface area contributed by atoms with E-state index in [1.165, 1.54) is 0 Å². The van der Waals surface area contributed by atoms with E-state index in [0.717, 1.165) is 67.8 Å². The van der Waals surface area contributed by atoms with Gasteiger partial charge in [0.1, 0.15) is 0 Å². The van der Waals surface area contributed by atoms with Crippen molar-refractivity contribution in [2.45, 2.75) is 0 Å². The largest absolute Gasteiger partial charge is 2.00 e. The molecule has 0 aliphatic carbocycles. The Morgan fingerprint density at radius 2 is 0.492 bits per heavy atom. The molecule has 0 saturated carbocycles. The van der Waals surface area contributed by atoms with Crippen molar-refractivity contribution < 1.29 is 77.2 Å². The molecular weight excluding hydrogens is 853 g/mol. The van der Waals surface area contributed by atoms with Gasteiger partial charge in [-0.05, 0) is 95.1 Å². The Morgan fingerprint density at radius 1 is 0.271 bits per heavy atom. The molecule has 0 unspecified atom stereocenters. The molecule has 0 bridgehead atoms. The zero-order valence-corrected chi connectivity index (χ0v) is 35.2. The topological polar surface area (TPSA) is 262 Å². The Hall–Kier alpha value is -5.78. The molecule has 14 nitrogen and oxygen atoms in total. The molecule has 0 aliphatic heterocycles. The van der Waals surface area contributed by atoms with Gasteiger partial charge in [0.25, 0.3) is 0 Å². The summed E-state index contributed by atoms with van der Waals surface area (Å²) in [5.74, 6) is 0. The molecule has 2 aromatic carbocycles. The Bertz CT molecular complexity index is 1980. The summed E-state index contributed by atoms with van der Waals surface area (Å²) in [7, 11) is -9.89. The van der Waals surface area contributed by atoms with E-state index in [2.05, 4.69) is 68.5 Å². The van der Waals surface area contributed by atoms with Crippen LogP contribution in [0.1, 0.15) is 0 Å². The van der Waals surface area contributed by atoms with Crippen LogP contribution in [-0.2, 0) is 19.5 Å². The van der Waals surface area contributed by atoms with E-state index in [0.29, 0.717) is 0 Å². The number of aromatic nitrogens is 6. The summed E-state index contributed by atoms with van der Waals surface area (Å²) in [4.78, 5) is 27.3. The smallest absolute Gasteiger partial charge is 0.255 e. The van der Waals surface area contributed by atoms with E-state index in [1.54, 1.807) is 24.8 Å². The van der Waals surface area contributed by atoms with Gasteiger partial charge in [-0.1, -0.05) is 84.9 Å². The Morgan fingerprint density at radius 3 is 0.695 bits per heavy atom. The Balaban J connectivity index is 0.000000210. The molecule has 6 heterocycles. The minimum atomic E-state index is -4.94. The Labute approximate surface area is 355 Å². The van der Waals surface area contributed by atoms with Crippen LogP contribution in [0.3, 0.4) is 0 Å². The van der Waals surface area contributed by atoms with E-state index in [9.17, 15) is 0 Å². The number of pyridine rings is 6. The second-order valence-electron chi connectivity index (χ2n) is 11.6. The molecule has 6 aromatic heterocycles. The summed E-state index contributed by atoms with van der Waals surface area (Å²) >= 11 is 0. The molecule has 0 aliphatic rings. The maximum absolute atomic E-state index is 8.49. The van der Waals surface area contributed by atoms with Crippen LogP contribution in [0.25, 0.3) is 67.8 Å². The standard InChI is InChI=1S/2C21H15N3.2ClHO4.Zn/c2*1-2-8-16(9-3-1)17-14-20(18-10-4-6-12-22-18)24-21(15-17)19-11-5-7-13-23-19;2*2-1(3,4)5;/h2*1-15H;2*(H,2,3,4,5);/q;;;;+2/p-2. The second kappa shape index (κ2) is 22.4. The van der Waals surface area contributed by atoms with Gasteiger partial charge in [0.2, 0.25) is 0 Å². The molecule has 0 fully saturated rings. The van der Waals surface area contributed by atoms with Crippen LogP contribution in [-0.4, -0.2) is 29.9 Å². The summed E-state index contributed by atoms with van der Waals surface area (Å²) < 4.78 is 67.9. The van der Waals surface area contributed by atoms with Crippen LogP contribution in [0.15, 0.2) is 183 Å². The monoisotopic (exact) mass is 880 g/mol. The Kier molecular flexibility index (Phi) is 17.4. The number of rotatable bonds is 6. The van der Waals surface area contributed by atoms with Gasteiger partial charge in [0.15, 0.2) is 0 Å². The molecule has 17 heteroatoms. The third-order valence-corrected chi connectivity index (χ3v) is 7.57. The van der Waals surface area contributed by atoms with Crippen LogP contribution in [0.4, 0.5) is 0 Å². The SMILES string of the molecule is [O-][Cl+3]([O-])([O-])[O-].[O-][Cl+3]([O-])([O-])[O-].[Zn+2].c1ccc(-c2cc(-c3ccccn3)nc(-c3ccccn3)c2)cc1.c1ccc(-c2cc(-c3ccccn3)nc(-c3ccccn3)c2)cc1. The first-order valence-electron chi connectivity index (χ1n) is 16.8. The molecule has 0 amide bonds. The van der Waals surface area contributed by atoms with E-state index in [1.807, 2.05) is 109 Å². The quantitative estimate of drug-likeness (QED) is 0.203. The van der Waals surface area contributed by atoms with Crippen molar-refractivity contribution in [3.63, 3.8) is 0 Å². The first-order chi connectivity index (χ1) is 27.8. The molecule has 0 N–H and O–H groups in total. The van der Waals surface area contributed by atoms with Crippen LogP contribution in [0, 0.1) is 20.5 Å². The fourth-order valence-corrected chi connectivity index (χ4v) is 5.24. The third-order valence-electron chi connectivity index (χ3n) is 7.57. The summed E-state index contributed by atoms with van der Waals surface area (Å²) in [5, 5.41) is 0. The summed E-state index contributed by atoms with van der Waals surface area (Å²) in [6.07, 6.45) is 7.14. The van der Waals surface area contributed by atoms with Crippen molar-refractivity contribution in [1.82, 2.24) is 29.9 Å². The maximum Gasteiger partial charge on any atom is 2.00 e. The van der Waals surface area contributed by atoms with Gasteiger partial charge in [-0.3, -0.25) is 19.9 Å². The molecule has 59 heavy (non-hydrogen) atoms. The fourth-order valence-electron chi connectivity index (χ4n) is 5.24. The van der Waals surface area contributed by atoms with Crippen LogP contribution < -0.4 is 37.3 Å². The zero-order chi connectivity index (χ0) is 41.4. The van der Waals surface area contributed by atoms with Crippen LogP contribution in [0.5, 0.6) is 0 Å². The summed E-state index contributed by atoms with van der Waals surface area (Å²) in [6.45, 7) is 0. The van der Waals surface area contributed by atoms with Gasteiger partial charge in [0.05, 0.1) is 45.6 Å². The number of hydrogen-bond donors (Lipinski definition) is 0. The van der Waals surface area contributed by atoms with Gasteiger partial charge < -0.3 is 0 Å². The van der Waals surface area contributed by atoms with Crippen molar-refractivity contribution in [2.24, 2.45) is 0 Å². The average Bonchev–Trinajstić information content (AvgIpc) is 3.24. The maximum atomic E-state index is 8.49. The van der Waals surface area contributed by atoms with Gasteiger partial charge in [0, 0.05) is 24.8 Å². The summed E-state index contributed by atoms with van der Waals surface area (Å²) in [5.41, 5.74) is 11.3. The average molecular weight is 883 g/mol. The molecule has 0 radical (unpaired) electrons. The first kappa shape index (κ1) is 45.9. The molecular formula is C42H30Cl2N6O8Zn. The van der Waals surface area contributed by atoms with E-state index < -0.39 is 20.5 Å². The first-order valence-corrected chi connectivity index (χ1v) is 19.3. The molecule has 8 aromatic rings. The number of hydrogen-bond acceptors (Lipinski definition) is 14. The zero-order valence-electron chi connectivity index (χ0n) is 30.7. The predicted octanol–water partition coefficient (Wildman–Crippen LogP) is 0.231. The minimum absolute atomic E-state index is 0. The van der Waals surface area contributed by atoms with Crippen molar-refractivity contribution >= 4 is 0 Å². The van der Waals surface area contributed by atoms with Crippen LogP contribution in [0.2, 0.25) is 0 Å². The van der Waals surface area contributed by atoms with Crippen molar-refractivity contribution in [1.29, 1.82) is 0 Å². The van der Waals surface area contributed by atoms with E-state index in [4.69, 9.17) is 47.2 Å². The fraction of sp³-hybridized carbons (Fsp3) is 0. The van der Waals surface area contributed by atoms with Crippen molar-refractivity contribution in [3.05, 3.63) is 183 Å². The second-order valence-corrected chi connectivity index (χ2v) is 13.1. The third kappa shape index (κ3) is 16.2.